The monoisotopic (exact) mass is 263 g/mol. The van der Waals surface area contributed by atoms with Gasteiger partial charge >= 0.3 is 0 Å². The van der Waals surface area contributed by atoms with Crippen molar-refractivity contribution in [2.24, 2.45) is 0 Å². The molecule has 1 aromatic carbocycles. The number of amides is 2. The third-order valence-corrected chi connectivity index (χ3v) is 4.58. The Labute approximate surface area is 107 Å². The van der Waals surface area contributed by atoms with Crippen molar-refractivity contribution in [2.75, 3.05) is 5.75 Å². The largest absolute Gasteiger partial charge is 0.290 e. The van der Waals surface area contributed by atoms with E-state index in [9.17, 15) is 9.59 Å². The zero-order valence-corrected chi connectivity index (χ0v) is 10.5. The highest BCUT2D eigenvalue weighted by Gasteiger charge is 2.25. The lowest BCUT2D eigenvalue weighted by atomic mass is 10.1. The first-order chi connectivity index (χ1) is 8.22. The van der Waals surface area contributed by atoms with Crippen molar-refractivity contribution in [3.8, 4) is 0 Å². The Bertz CT molecular complexity index is 551. The molecule has 3 nitrogen and oxygen atoms in total. The quantitative estimate of drug-likeness (QED) is 0.791. The van der Waals surface area contributed by atoms with Crippen molar-refractivity contribution in [2.45, 2.75) is 11.3 Å². The Morgan fingerprint density at radius 2 is 2.18 bits per heavy atom. The molecule has 86 valence electrons. The lowest BCUT2D eigenvalue weighted by molar-refractivity contribution is -0.115. The Hall–Kier alpha value is -1.20. The topological polar surface area (TPSA) is 46.2 Å². The normalized spacial score (nSPS) is 20.8. The summed E-state index contributed by atoms with van der Waals surface area (Å²) in [7, 11) is 0. The van der Waals surface area contributed by atoms with Gasteiger partial charge in [-0.3, -0.25) is 14.9 Å². The molecule has 2 aliphatic rings. The molecular formula is C12H9NO2S2. The van der Waals surface area contributed by atoms with Gasteiger partial charge in [0.25, 0.3) is 11.1 Å². The molecule has 1 aromatic rings. The summed E-state index contributed by atoms with van der Waals surface area (Å²) in [5, 5.41) is 1.96. The lowest BCUT2D eigenvalue weighted by Gasteiger charge is -2.00. The van der Waals surface area contributed by atoms with Crippen molar-refractivity contribution in [3.05, 3.63) is 34.2 Å². The molecule has 17 heavy (non-hydrogen) atoms. The van der Waals surface area contributed by atoms with Gasteiger partial charge in [0.1, 0.15) is 0 Å². The molecule has 0 unspecified atom stereocenters. The summed E-state index contributed by atoms with van der Waals surface area (Å²) in [6.45, 7) is 0. The zero-order valence-electron chi connectivity index (χ0n) is 8.86. The molecule has 0 aliphatic carbocycles. The van der Waals surface area contributed by atoms with E-state index in [1.165, 1.54) is 10.5 Å². The minimum Gasteiger partial charge on any atom is -0.282 e. The van der Waals surface area contributed by atoms with E-state index < -0.39 is 0 Å². The second kappa shape index (κ2) is 4.23. The summed E-state index contributed by atoms with van der Waals surface area (Å²) in [5.74, 6) is 0.832. The Morgan fingerprint density at radius 1 is 1.29 bits per heavy atom. The van der Waals surface area contributed by atoms with Crippen LogP contribution in [-0.2, 0) is 11.2 Å². The van der Waals surface area contributed by atoms with Gasteiger partial charge < -0.3 is 0 Å². The van der Waals surface area contributed by atoms with Crippen LogP contribution in [0.1, 0.15) is 11.1 Å². The number of carbonyl (C=O) groups is 2. The van der Waals surface area contributed by atoms with E-state index in [0.29, 0.717) is 4.91 Å². The second-order valence-corrected chi connectivity index (χ2v) is 5.97. The summed E-state index contributed by atoms with van der Waals surface area (Å²) in [6, 6.07) is 6.17. The number of thioether (sulfide) groups is 2. The molecule has 0 radical (unpaired) electrons. The van der Waals surface area contributed by atoms with Crippen LogP contribution in [-0.4, -0.2) is 16.9 Å². The molecule has 1 N–H and O–H groups in total. The Morgan fingerprint density at radius 3 is 2.94 bits per heavy atom. The standard InChI is InChI=1S/C12H9NO2S2/c14-11-10(17-12(15)13-11)6-7-1-2-9-8(5-7)3-4-16-9/h1-2,5-6H,3-4H2,(H,13,14,15). The van der Waals surface area contributed by atoms with Gasteiger partial charge in [-0.05, 0) is 41.5 Å². The molecular weight excluding hydrogens is 254 g/mol. The summed E-state index contributed by atoms with van der Waals surface area (Å²) in [4.78, 5) is 24.2. The van der Waals surface area contributed by atoms with Crippen LogP contribution in [0.2, 0.25) is 0 Å². The van der Waals surface area contributed by atoms with Crippen LogP contribution in [0.4, 0.5) is 4.79 Å². The first-order valence-electron chi connectivity index (χ1n) is 5.23. The van der Waals surface area contributed by atoms with Gasteiger partial charge in [0, 0.05) is 10.6 Å². The minimum absolute atomic E-state index is 0.294. The molecule has 0 atom stereocenters. The van der Waals surface area contributed by atoms with E-state index in [1.54, 1.807) is 6.08 Å². The zero-order chi connectivity index (χ0) is 11.8. The predicted octanol–water partition coefficient (Wildman–Crippen LogP) is 2.66. The maximum atomic E-state index is 11.4. The van der Waals surface area contributed by atoms with E-state index in [-0.39, 0.29) is 11.1 Å². The fourth-order valence-electron chi connectivity index (χ4n) is 1.87. The van der Waals surface area contributed by atoms with Crippen LogP contribution < -0.4 is 5.32 Å². The first kappa shape index (κ1) is 10.9. The van der Waals surface area contributed by atoms with Crippen molar-refractivity contribution in [3.63, 3.8) is 0 Å². The van der Waals surface area contributed by atoms with Crippen LogP contribution >= 0.6 is 23.5 Å². The van der Waals surface area contributed by atoms with Gasteiger partial charge in [-0.2, -0.15) is 0 Å². The van der Waals surface area contributed by atoms with E-state index in [1.807, 2.05) is 17.8 Å². The lowest BCUT2D eigenvalue weighted by Crippen LogP contribution is -2.17. The molecule has 2 amide bonds. The van der Waals surface area contributed by atoms with Crippen molar-refractivity contribution >= 4 is 40.7 Å². The fraction of sp³-hybridized carbons (Fsp3) is 0.167. The smallest absolute Gasteiger partial charge is 0.282 e. The van der Waals surface area contributed by atoms with E-state index in [0.717, 1.165) is 29.5 Å². The number of hydrogen-bond acceptors (Lipinski definition) is 4. The molecule has 2 heterocycles. The summed E-state index contributed by atoms with van der Waals surface area (Å²) >= 11 is 2.82. The number of benzene rings is 1. The van der Waals surface area contributed by atoms with Crippen LogP contribution in [0.3, 0.4) is 0 Å². The molecule has 1 fully saturated rings. The highest BCUT2D eigenvalue weighted by Crippen LogP contribution is 2.33. The van der Waals surface area contributed by atoms with E-state index in [2.05, 4.69) is 17.4 Å². The molecule has 5 heteroatoms. The fourth-order valence-corrected chi connectivity index (χ4v) is 3.60. The number of imide groups is 1. The maximum absolute atomic E-state index is 11.4. The van der Waals surface area contributed by atoms with Gasteiger partial charge in [-0.15, -0.1) is 11.8 Å². The van der Waals surface area contributed by atoms with Crippen LogP contribution in [0.25, 0.3) is 6.08 Å². The van der Waals surface area contributed by atoms with Crippen molar-refractivity contribution in [1.29, 1.82) is 0 Å². The number of hydrogen-bond donors (Lipinski definition) is 1. The molecule has 0 bridgehead atoms. The van der Waals surface area contributed by atoms with Crippen molar-refractivity contribution < 1.29 is 9.59 Å². The molecule has 1 saturated heterocycles. The molecule has 0 spiro atoms. The average molecular weight is 263 g/mol. The van der Waals surface area contributed by atoms with Crippen LogP contribution in [0.5, 0.6) is 0 Å². The van der Waals surface area contributed by atoms with E-state index in [4.69, 9.17) is 0 Å². The van der Waals surface area contributed by atoms with Gasteiger partial charge in [0.2, 0.25) is 0 Å². The van der Waals surface area contributed by atoms with Crippen molar-refractivity contribution in [1.82, 2.24) is 5.32 Å². The van der Waals surface area contributed by atoms with Crippen LogP contribution in [0.15, 0.2) is 28.0 Å². The highest BCUT2D eigenvalue weighted by atomic mass is 32.2. The van der Waals surface area contributed by atoms with Gasteiger partial charge in [0.05, 0.1) is 4.91 Å². The number of nitrogens with one attached hydrogen (secondary N) is 1. The number of aryl methyl sites for hydroxylation is 1. The number of carbonyl (C=O) groups excluding carboxylic acids is 2. The second-order valence-electron chi connectivity index (χ2n) is 3.82. The Kier molecular flexibility index (Phi) is 2.72. The third kappa shape index (κ3) is 2.12. The maximum Gasteiger partial charge on any atom is 0.290 e. The van der Waals surface area contributed by atoms with Gasteiger partial charge in [-0.1, -0.05) is 12.1 Å². The van der Waals surface area contributed by atoms with E-state index >= 15 is 0 Å². The Balaban J connectivity index is 1.93. The third-order valence-electron chi connectivity index (χ3n) is 2.65. The number of fused-ring (bicyclic) bond motifs is 1. The average Bonchev–Trinajstić information content (AvgIpc) is 2.85. The minimum atomic E-state index is -0.296. The first-order valence-corrected chi connectivity index (χ1v) is 7.03. The van der Waals surface area contributed by atoms with Gasteiger partial charge in [-0.25, -0.2) is 0 Å². The highest BCUT2D eigenvalue weighted by molar-refractivity contribution is 8.18. The number of rotatable bonds is 1. The van der Waals surface area contributed by atoms with Gasteiger partial charge in [0.15, 0.2) is 0 Å². The van der Waals surface area contributed by atoms with Crippen LogP contribution in [0, 0.1) is 0 Å². The summed E-state index contributed by atoms with van der Waals surface area (Å²) < 4.78 is 0. The summed E-state index contributed by atoms with van der Waals surface area (Å²) in [6.07, 6.45) is 2.85. The molecule has 0 saturated carbocycles. The summed E-state index contributed by atoms with van der Waals surface area (Å²) in [5.41, 5.74) is 2.32. The molecule has 3 rings (SSSR count). The molecule has 0 aromatic heterocycles. The SMILES string of the molecule is O=C1NC(=O)C(=Cc2ccc3c(c2)CCS3)S1. The predicted molar refractivity (Wildman–Crippen MR) is 70.0 cm³/mol. The molecule has 2 aliphatic heterocycles.